The molecule has 0 unspecified atom stereocenters. The maximum Gasteiger partial charge on any atom is 0.416 e. The molecule has 0 aliphatic rings. The van der Waals surface area contributed by atoms with Gasteiger partial charge in [0, 0.05) is 0 Å². The number of carbonyl (C=O) groups is 2. The molecule has 2 aromatic carbocycles. The minimum atomic E-state index is -4.59. The van der Waals surface area contributed by atoms with E-state index in [2.05, 4.69) is 5.32 Å². The zero-order chi connectivity index (χ0) is 19.3. The van der Waals surface area contributed by atoms with Crippen molar-refractivity contribution in [2.45, 2.75) is 12.8 Å². The van der Waals surface area contributed by atoms with Gasteiger partial charge in [-0.15, -0.1) is 0 Å². The summed E-state index contributed by atoms with van der Waals surface area (Å²) >= 11 is 5.77. The number of carbonyl (C=O) groups excluding carboxylic acids is 2. The maximum absolute atomic E-state index is 12.7. The summed E-state index contributed by atoms with van der Waals surface area (Å²) in [6.45, 7) is -0.886. The van der Waals surface area contributed by atoms with Crippen LogP contribution in [0.2, 0.25) is 5.02 Å². The van der Waals surface area contributed by atoms with E-state index in [4.69, 9.17) is 21.4 Å². The molecule has 2 aromatic rings. The van der Waals surface area contributed by atoms with Gasteiger partial charge >= 0.3 is 12.1 Å². The van der Waals surface area contributed by atoms with Gasteiger partial charge in [0.1, 0.15) is 0 Å². The van der Waals surface area contributed by atoms with Crippen molar-refractivity contribution >= 4 is 29.2 Å². The van der Waals surface area contributed by atoms with Crippen LogP contribution in [0, 0.1) is 0 Å². The molecule has 0 radical (unpaired) electrons. The molecule has 2 rings (SSSR count). The molecule has 0 saturated carbocycles. The first-order valence-corrected chi connectivity index (χ1v) is 7.62. The van der Waals surface area contributed by atoms with Gasteiger partial charge in [-0.05, 0) is 35.9 Å². The van der Waals surface area contributed by atoms with Crippen molar-refractivity contribution in [2.24, 2.45) is 0 Å². The quantitative estimate of drug-likeness (QED) is 0.768. The predicted molar refractivity (Wildman–Crippen MR) is 87.7 cm³/mol. The van der Waals surface area contributed by atoms with E-state index in [0.717, 1.165) is 12.1 Å². The summed E-state index contributed by atoms with van der Waals surface area (Å²) in [7, 11) is 0. The molecule has 0 spiro atoms. The average Bonchev–Trinajstić information content (AvgIpc) is 2.60. The van der Waals surface area contributed by atoms with Gasteiger partial charge in [-0.1, -0.05) is 23.7 Å². The van der Waals surface area contributed by atoms with Crippen LogP contribution >= 0.6 is 11.6 Å². The number of aliphatic hydroxyl groups excluding tert-OH is 1. The number of benzene rings is 2. The second-order valence-corrected chi connectivity index (χ2v) is 5.58. The van der Waals surface area contributed by atoms with Gasteiger partial charge in [0.15, 0.2) is 6.61 Å². The van der Waals surface area contributed by atoms with Crippen LogP contribution < -0.4 is 5.32 Å². The smallest absolute Gasteiger partial charge is 0.416 e. The van der Waals surface area contributed by atoms with E-state index >= 15 is 0 Å². The highest BCUT2D eigenvalue weighted by Crippen LogP contribution is 2.33. The number of amides is 1. The SMILES string of the molecule is O=C(COC(=O)c1ccc(CO)cc1)Nc1cc(C(F)(F)F)ccc1Cl. The molecule has 26 heavy (non-hydrogen) atoms. The van der Waals surface area contributed by atoms with Crippen molar-refractivity contribution in [1.29, 1.82) is 0 Å². The lowest BCUT2D eigenvalue weighted by molar-refractivity contribution is -0.137. The first kappa shape index (κ1) is 19.7. The zero-order valence-corrected chi connectivity index (χ0v) is 13.9. The monoisotopic (exact) mass is 387 g/mol. The Balaban J connectivity index is 1.97. The summed E-state index contributed by atoms with van der Waals surface area (Å²) < 4.78 is 42.9. The number of anilines is 1. The molecule has 0 heterocycles. The third-order valence-electron chi connectivity index (χ3n) is 3.27. The standard InChI is InChI=1S/C17H13ClF3NO4/c18-13-6-5-12(17(19,20)21)7-14(13)22-15(24)9-26-16(25)11-3-1-10(8-23)2-4-11/h1-7,23H,8-9H2,(H,22,24). The minimum Gasteiger partial charge on any atom is -0.452 e. The summed E-state index contributed by atoms with van der Waals surface area (Å²) in [5, 5.41) is 11.0. The maximum atomic E-state index is 12.7. The number of alkyl halides is 3. The van der Waals surface area contributed by atoms with E-state index in [1.807, 2.05) is 0 Å². The molecule has 0 fully saturated rings. The number of hydrogen-bond donors (Lipinski definition) is 2. The Bertz CT molecular complexity index is 807. The number of esters is 1. The molecule has 0 aromatic heterocycles. The summed E-state index contributed by atoms with van der Waals surface area (Å²) in [5.41, 5.74) is -0.460. The summed E-state index contributed by atoms with van der Waals surface area (Å²) in [6, 6.07) is 8.33. The van der Waals surface area contributed by atoms with Gasteiger partial charge < -0.3 is 15.2 Å². The van der Waals surface area contributed by atoms with E-state index < -0.39 is 30.2 Å². The van der Waals surface area contributed by atoms with Crippen LogP contribution in [0.3, 0.4) is 0 Å². The number of nitrogens with one attached hydrogen (secondary N) is 1. The number of ether oxygens (including phenoxy) is 1. The van der Waals surface area contributed by atoms with Gasteiger partial charge in [-0.25, -0.2) is 4.79 Å². The third kappa shape index (κ3) is 5.21. The summed E-state index contributed by atoms with van der Waals surface area (Å²) in [5.74, 6) is -1.63. The number of hydrogen-bond acceptors (Lipinski definition) is 4. The van der Waals surface area contributed by atoms with Crippen molar-refractivity contribution in [2.75, 3.05) is 11.9 Å². The Labute approximate surface area is 151 Å². The first-order chi connectivity index (χ1) is 12.2. The molecule has 9 heteroatoms. The molecule has 2 N–H and O–H groups in total. The highest BCUT2D eigenvalue weighted by molar-refractivity contribution is 6.33. The van der Waals surface area contributed by atoms with Crippen LogP contribution in [0.15, 0.2) is 42.5 Å². The molecule has 0 saturated heterocycles. The van der Waals surface area contributed by atoms with Crippen molar-refractivity contribution in [1.82, 2.24) is 0 Å². The average molecular weight is 388 g/mol. The number of aliphatic hydroxyl groups is 1. The first-order valence-electron chi connectivity index (χ1n) is 7.24. The molecular weight excluding hydrogens is 375 g/mol. The van der Waals surface area contributed by atoms with Crippen LogP contribution in [-0.2, 0) is 22.3 Å². The lowest BCUT2D eigenvalue weighted by atomic mass is 10.1. The summed E-state index contributed by atoms with van der Waals surface area (Å²) in [6.07, 6.45) is -4.59. The van der Waals surface area contributed by atoms with E-state index in [1.165, 1.54) is 24.3 Å². The van der Waals surface area contributed by atoms with Gasteiger partial charge in [-0.3, -0.25) is 4.79 Å². The van der Waals surface area contributed by atoms with E-state index in [9.17, 15) is 22.8 Å². The lowest BCUT2D eigenvalue weighted by Gasteiger charge is -2.12. The Morgan fingerprint density at radius 3 is 2.35 bits per heavy atom. The Morgan fingerprint density at radius 1 is 1.12 bits per heavy atom. The largest absolute Gasteiger partial charge is 0.452 e. The molecule has 0 aliphatic heterocycles. The Morgan fingerprint density at radius 2 is 1.77 bits per heavy atom. The molecule has 0 atom stereocenters. The molecule has 1 amide bonds. The fourth-order valence-corrected chi connectivity index (χ4v) is 2.11. The second kappa shape index (κ2) is 8.20. The number of halogens is 4. The highest BCUT2D eigenvalue weighted by Gasteiger charge is 2.31. The molecule has 5 nitrogen and oxygen atoms in total. The summed E-state index contributed by atoms with van der Waals surface area (Å²) in [4.78, 5) is 23.6. The molecule has 138 valence electrons. The van der Waals surface area contributed by atoms with Crippen LogP contribution in [0.1, 0.15) is 21.5 Å². The number of rotatable bonds is 5. The fraction of sp³-hybridized carbons (Fsp3) is 0.176. The van der Waals surface area contributed by atoms with Crippen molar-refractivity contribution in [3.8, 4) is 0 Å². The van der Waals surface area contributed by atoms with Gasteiger partial charge in [0.2, 0.25) is 0 Å². The fourth-order valence-electron chi connectivity index (χ4n) is 1.94. The van der Waals surface area contributed by atoms with Crippen LogP contribution in [0.5, 0.6) is 0 Å². The normalized spacial score (nSPS) is 11.1. The van der Waals surface area contributed by atoms with E-state index in [1.54, 1.807) is 0 Å². The Hall–Kier alpha value is -2.58. The van der Waals surface area contributed by atoms with Gasteiger partial charge in [0.25, 0.3) is 5.91 Å². The van der Waals surface area contributed by atoms with E-state index in [0.29, 0.717) is 11.6 Å². The van der Waals surface area contributed by atoms with Crippen molar-refractivity contribution < 1.29 is 32.6 Å². The van der Waals surface area contributed by atoms with Crippen molar-refractivity contribution in [3.05, 3.63) is 64.2 Å². The minimum absolute atomic E-state index is 0.0859. The topological polar surface area (TPSA) is 75.6 Å². The predicted octanol–water partition coefficient (Wildman–Crippen LogP) is 3.65. The van der Waals surface area contributed by atoms with Crippen molar-refractivity contribution in [3.63, 3.8) is 0 Å². The van der Waals surface area contributed by atoms with Crippen LogP contribution in [0.4, 0.5) is 18.9 Å². The van der Waals surface area contributed by atoms with Gasteiger partial charge in [0.05, 0.1) is 28.4 Å². The molecule has 0 aliphatic carbocycles. The zero-order valence-electron chi connectivity index (χ0n) is 13.1. The Kier molecular flexibility index (Phi) is 6.23. The molecule has 0 bridgehead atoms. The van der Waals surface area contributed by atoms with E-state index in [-0.39, 0.29) is 22.9 Å². The van der Waals surface area contributed by atoms with Crippen LogP contribution in [-0.4, -0.2) is 23.6 Å². The van der Waals surface area contributed by atoms with Gasteiger partial charge in [-0.2, -0.15) is 13.2 Å². The second-order valence-electron chi connectivity index (χ2n) is 5.17. The molecular formula is C17H13ClF3NO4. The highest BCUT2D eigenvalue weighted by atomic mass is 35.5. The van der Waals surface area contributed by atoms with Crippen LogP contribution in [0.25, 0.3) is 0 Å². The lowest BCUT2D eigenvalue weighted by Crippen LogP contribution is -2.21. The third-order valence-corrected chi connectivity index (χ3v) is 3.60.